The lowest BCUT2D eigenvalue weighted by molar-refractivity contribution is -0.143. The molecule has 2 aliphatic rings. The van der Waals surface area contributed by atoms with Gasteiger partial charge in [0.2, 0.25) is 0 Å². The number of hydrogen-bond donors (Lipinski definition) is 0. The number of allylic oxidation sites excluding steroid dienone is 3. The van der Waals surface area contributed by atoms with Crippen molar-refractivity contribution in [3.05, 3.63) is 89.0 Å². The summed E-state index contributed by atoms with van der Waals surface area (Å²) in [4.78, 5) is 36.0. The van der Waals surface area contributed by atoms with Gasteiger partial charge in [-0.3, -0.25) is 9.59 Å². The molecule has 0 amide bonds. The Morgan fingerprint density at radius 1 is 1.03 bits per heavy atom. The van der Waals surface area contributed by atoms with Crippen LogP contribution in [0.5, 0.6) is 17.2 Å². The Kier molecular flexibility index (Phi) is 10.2. The number of carbonyl (C=O) groups is 3. The SMILES string of the molecule is C=C/C=C1\C(=C/C)C(=O)OC12c1ccc(CC(C)=O)cc1Oc1cc(OC(C)=O)ccc12.CC.CCC. The average Bonchev–Trinajstić information content (AvgIpc) is 3.11. The number of carbonyl (C=O) groups excluding carboxylic acids is 3. The summed E-state index contributed by atoms with van der Waals surface area (Å²) in [5, 5.41) is 0. The molecule has 1 spiro atoms. The van der Waals surface area contributed by atoms with Crippen LogP contribution in [0.4, 0.5) is 0 Å². The fraction of sp³-hybridized carbons (Fsp3) is 0.323. The van der Waals surface area contributed by atoms with Crippen LogP contribution in [0.2, 0.25) is 0 Å². The molecule has 0 N–H and O–H groups in total. The topological polar surface area (TPSA) is 78.9 Å². The van der Waals surface area contributed by atoms with E-state index in [1.807, 2.05) is 26.0 Å². The lowest BCUT2D eigenvalue weighted by atomic mass is 9.76. The molecular weight excluding hydrogens is 468 g/mol. The van der Waals surface area contributed by atoms with E-state index in [1.54, 1.807) is 49.4 Å². The van der Waals surface area contributed by atoms with Crippen LogP contribution in [-0.2, 0) is 31.1 Å². The van der Waals surface area contributed by atoms with Crippen molar-refractivity contribution in [3.8, 4) is 17.2 Å². The van der Waals surface area contributed by atoms with E-state index >= 15 is 0 Å². The molecule has 1 unspecified atom stereocenters. The van der Waals surface area contributed by atoms with Crippen LogP contribution in [0, 0.1) is 0 Å². The van der Waals surface area contributed by atoms with Crippen molar-refractivity contribution in [1.29, 1.82) is 0 Å². The molecule has 37 heavy (non-hydrogen) atoms. The Morgan fingerprint density at radius 2 is 1.62 bits per heavy atom. The van der Waals surface area contributed by atoms with Crippen LogP contribution in [0.25, 0.3) is 0 Å². The molecule has 0 bridgehead atoms. The molecule has 0 saturated carbocycles. The fourth-order valence-electron chi connectivity index (χ4n) is 4.26. The molecule has 2 aliphatic heterocycles. The molecular formula is C31H36O6. The zero-order valence-electron chi connectivity index (χ0n) is 22.8. The molecule has 4 rings (SSSR count). The predicted molar refractivity (Wildman–Crippen MR) is 145 cm³/mol. The van der Waals surface area contributed by atoms with E-state index in [-0.39, 0.29) is 12.2 Å². The highest BCUT2D eigenvalue weighted by molar-refractivity contribution is 6.00. The number of ether oxygens (including phenoxy) is 3. The van der Waals surface area contributed by atoms with Crippen LogP contribution < -0.4 is 9.47 Å². The number of Topliss-reactive ketones (excluding diaryl/α,β-unsaturated/α-hetero) is 1. The van der Waals surface area contributed by atoms with E-state index in [2.05, 4.69) is 20.4 Å². The van der Waals surface area contributed by atoms with E-state index in [0.717, 1.165) is 5.56 Å². The monoisotopic (exact) mass is 504 g/mol. The molecule has 1 atom stereocenters. The van der Waals surface area contributed by atoms with E-state index in [0.29, 0.717) is 39.5 Å². The van der Waals surface area contributed by atoms with Crippen molar-refractivity contribution in [3.63, 3.8) is 0 Å². The van der Waals surface area contributed by atoms with Crippen LogP contribution in [-0.4, -0.2) is 17.7 Å². The van der Waals surface area contributed by atoms with E-state index in [1.165, 1.54) is 20.3 Å². The highest BCUT2D eigenvalue weighted by Gasteiger charge is 2.55. The summed E-state index contributed by atoms with van der Waals surface area (Å²) in [5.74, 6) is 0.239. The number of fused-ring (bicyclic) bond motifs is 4. The molecule has 1 fully saturated rings. The van der Waals surface area contributed by atoms with Gasteiger partial charge < -0.3 is 14.2 Å². The molecule has 6 heteroatoms. The van der Waals surface area contributed by atoms with Gasteiger partial charge in [-0.05, 0) is 37.6 Å². The van der Waals surface area contributed by atoms with Crippen LogP contribution in [0.15, 0.2) is 72.4 Å². The van der Waals surface area contributed by atoms with Gasteiger partial charge in [0.15, 0.2) is 5.60 Å². The molecule has 0 aromatic heterocycles. The van der Waals surface area contributed by atoms with Gasteiger partial charge in [-0.1, -0.05) is 71.1 Å². The molecule has 2 aromatic carbocycles. The second kappa shape index (κ2) is 12.9. The number of rotatable bonds is 4. The quantitative estimate of drug-likeness (QED) is 0.250. The van der Waals surface area contributed by atoms with Gasteiger partial charge in [0.25, 0.3) is 0 Å². The maximum absolute atomic E-state index is 12.9. The van der Waals surface area contributed by atoms with Crippen LogP contribution in [0.1, 0.15) is 71.6 Å². The second-order valence-electron chi connectivity index (χ2n) is 8.36. The molecule has 196 valence electrons. The number of esters is 2. The Labute approximate surface area is 219 Å². The third-order valence-electron chi connectivity index (χ3n) is 5.40. The van der Waals surface area contributed by atoms with E-state index < -0.39 is 17.5 Å². The standard InChI is InChI=1S/C26H22O6.C3H8.C2H6/c1-5-7-20-19(6-2)25(29)32-26(20)21-10-8-17(12-15(3)27)13-23(21)31-24-14-18(30-16(4)28)9-11-22(24)26;1-3-2;1-2/h5-11,13-14H,1,12H2,2-4H3;3H2,1-2H3;1-2H3/b19-6+,20-7+;;. The van der Waals surface area contributed by atoms with E-state index in [9.17, 15) is 14.4 Å². The molecule has 0 aliphatic carbocycles. The number of hydrogen-bond acceptors (Lipinski definition) is 6. The van der Waals surface area contributed by atoms with Crippen molar-refractivity contribution in [2.24, 2.45) is 0 Å². The van der Waals surface area contributed by atoms with Crippen molar-refractivity contribution in [1.82, 2.24) is 0 Å². The third-order valence-corrected chi connectivity index (χ3v) is 5.40. The lowest BCUT2D eigenvalue weighted by Crippen LogP contribution is -2.33. The molecule has 0 radical (unpaired) electrons. The summed E-state index contributed by atoms with van der Waals surface area (Å²) < 4.78 is 17.5. The summed E-state index contributed by atoms with van der Waals surface area (Å²) in [6, 6.07) is 10.4. The molecule has 2 aromatic rings. The molecule has 6 nitrogen and oxygen atoms in total. The minimum absolute atomic E-state index is 0.0174. The largest absolute Gasteiger partial charge is 0.456 e. The average molecular weight is 505 g/mol. The zero-order valence-corrected chi connectivity index (χ0v) is 22.8. The Balaban J connectivity index is 0.000000898. The highest BCUT2D eigenvalue weighted by atomic mass is 16.6. The Hall–Kier alpha value is -3.93. The first-order valence-corrected chi connectivity index (χ1v) is 12.6. The first-order chi connectivity index (χ1) is 17.7. The second-order valence-corrected chi connectivity index (χ2v) is 8.36. The normalized spacial score (nSPS) is 18.8. The van der Waals surface area contributed by atoms with Gasteiger partial charge in [0.1, 0.15) is 23.0 Å². The lowest BCUT2D eigenvalue weighted by Gasteiger charge is -2.37. The molecule has 2 heterocycles. The summed E-state index contributed by atoms with van der Waals surface area (Å²) in [6.45, 7) is 16.7. The predicted octanol–water partition coefficient (Wildman–Crippen LogP) is 7.15. The van der Waals surface area contributed by atoms with Gasteiger partial charge in [0.05, 0.1) is 5.57 Å². The maximum Gasteiger partial charge on any atom is 0.339 e. The van der Waals surface area contributed by atoms with Crippen LogP contribution >= 0.6 is 0 Å². The Morgan fingerprint density at radius 3 is 2.16 bits per heavy atom. The van der Waals surface area contributed by atoms with E-state index in [4.69, 9.17) is 14.2 Å². The van der Waals surface area contributed by atoms with Gasteiger partial charge in [0, 0.05) is 36.1 Å². The highest BCUT2D eigenvalue weighted by Crippen LogP contribution is 2.58. The van der Waals surface area contributed by atoms with Gasteiger partial charge >= 0.3 is 11.9 Å². The van der Waals surface area contributed by atoms with Crippen molar-refractivity contribution >= 4 is 17.7 Å². The summed E-state index contributed by atoms with van der Waals surface area (Å²) >= 11 is 0. The maximum atomic E-state index is 12.9. The smallest absolute Gasteiger partial charge is 0.339 e. The van der Waals surface area contributed by atoms with Crippen LogP contribution in [0.3, 0.4) is 0 Å². The van der Waals surface area contributed by atoms with Gasteiger partial charge in [-0.2, -0.15) is 0 Å². The fourth-order valence-corrected chi connectivity index (χ4v) is 4.26. The summed E-state index contributed by atoms with van der Waals surface area (Å²) in [5.41, 5.74) is 1.80. The van der Waals surface area contributed by atoms with Crippen molar-refractivity contribution < 1.29 is 28.6 Å². The Bertz CT molecular complexity index is 1180. The number of benzene rings is 2. The molecule has 1 saturated heterocycles. The van der Waals surface area contributed by atoms with Gasteiger partial charge in [-0.25, -0.2) is 4.79 Å². The number of ketones is 1. The van der Waals surface area contributed by atoms with Crippen molar-refractivity contribution in [2.75, 3.05) is 0 Å². The first-order valence-electron chi connectivity index (χ1n) is 12.6. The minimum atomic E-state index is -1.26. The minimum Gasteiger partial charge on any atom is -0.456 e. The summed E-state index contributed by atoms with van der Waals surface area (Å²) in [6.07, 6.45) is 6.56. The third kappa shape index (κ3) is 5.91. The van der Waals surface area contributed by atoms with Crippen molar-refractivity contribution in [2.45, 2.75) is 66.9 Å². The zero-order chi connectivity index (χ0) is 27.8. The first kappa shape index (κ1) is 29.3. The summed E-state index contributed by atoms with van der Waals surface area (Å²) in [7, 11) is 0. The van der Waals surface area contributed by atoms with Gasteiger partial charge in [-0.15, -0.1) is 0 Å².